The van der Waals surface area contributed by atoms with Gasteiger partial charge in [0.15, 0.2) is 0 Å². The zero-order chi connectivity index (χ0) is 21.6. The van der Waals surface area contributed by atoms with E-state index in [0.29, 0.717) is 6.61 Å². The van der Waals surface area contributed by atoms with E-state index in [9.17, 15) is 0 Å². The summed E-state index contributed by atoms with van der Waals surface area (Å²) >= 11 is 0. The Morgan fingerprint density at radius 3 is 2.77 bits per heavy atom. The fourth-order valence-corrected chi connectivity index (χ4v) is 4.74. The maximum absolute atomic E-state index is 15.5. The number of allylic oxidation sites excluding steroid dienone is 1. The van der Waals surface area contributed by atoms with Crippen LogP contribution in [0.25, 0.3) is 10.8 Å². The third-order valence-corrected chi connectivity index (χ3v) is 6.55. The van der Waals surface area contributed by atoms with Crippen LogP contribution in [0.2, 0.25) is 0 Å². The highest BCUT2D eigenvalue weighted by molar-refractivity contribution is 5.84. The highest BCUT2D eigenvalue weighted by Crippen LogP contribution is 2.37. The number of ether oxygens (including phenoxy) is 1. The number of hydrogen-bond acceptors (Lipinski definition) is 1. The lowest BCUT2D eigenvalue weighted by Crippen LogP contribution is -2.14. The van der Waals surface area contributed by atoms with Gasteiger partial charge >= 0.3 is 0 Å². The minimum Gasteiger partial charge on any atom is -0.490 e. The van der Waals surface area contributed by atoms with Crippen molar-refractivity contribution < 1.29 is 9.13 Å². The van der Waals surface area contributed by atoms with Crippen molar-refractivity contribution in [2.75, 3.05) is 6.61 Å². The average Bonchev–Trinajstić information content (AvgIpc) is 2.79. The zero-order valence-corrected chi connectivity index (χ0v) is 18.8. The van der Waals surface area contributed by atoms with Crippen LogP contribution < -0.4 is 4.74 Å². The molecule has 162 valence electrons. The lowest BCUT2D eigenvalue weighted by Gasteiger charge is -2.26. The molecule has 0 heterocycles. The van der Waals surface area contributed by atoms with E-state index in [1.807, 2.05) is 37.3 Å². The topological polar surface area (TPSA) is 9.23 Å². The van der Waals surface area contributed by atoms with Crippen LogP contribution in [0.1, 0.15) is 67.7 Å². The van der Waals surface area contributed by atoms with E-state index < -0.39 is 0 Å². The van der Waals surface area contributed by atoms with Crippen molar-refractivity contribution in [1.29, 1.82) is 0 Å². The Morgan fingerprint density at radius 2 is 1.94 bits per heavy atom. The van der Waals surface area contributed by atoms with E-state index in [4.69, 9.17) is 4.74 Å². The van der Waals surface area contributed by atoms with Crippen molar-refractivity contribution in [3.05, 3.63) is 88.8 Å². The van der Waals surface area contributed by atoms with Crippen LogP contribution in [0.4, 0.5) is 4.39 Å². The highest BCUT2D eigenvalue weighted by atomic mass is 19.1. The molecule has 1 unspecified atom stereocenters. The van der Waals surface area contributed by atoms with E-state index in [0.717, 1.165) is 47.8 Å². The summed E-state index contributed by atoms with van der Waals surface area (Å²) < 4.78 is 21.3. The minimum atomic E-state index is -0.0302. The second kappa shape index (κ2) is 10.1. The first-order chi connectivity index (χ1) is 15.2. The summed E-state index contributed by atoms with van der Waals surface area (Å²) in [6, 6.07) is 16.8. The second-order valence-corrected chi connectivity index (χ2v) is 8.73. The molecule has 1 atom stereocenters. The Morgan fingerprint density at radius 1 is 1.03 bits per heavy atom. The summed E-state index contributed by atoms with van der Waals surface area (Å²) in [7, 11) is 0. The monoisotopic (exact) mass is 416 g/mol. The molecule has 0 N–H and O–H groups in total. The lowest BCUT2D eigenvalue weighted by molar-refractivity contribution is 0.361. The van der Waals surface area contributed by atoms with Crippen LogP contribution in [-0.4, -0.2) is 6.61 Å². The molecular weight excluding hydrogens is 383 g/mol. The van der Waals surface area contributed by atoms with E-state index in [2.05, 4.69) is 37.3 Å². The third-order valence-electron chi connectivity index (χ3n) is 6.55. The lowest BCUT2D eigenvalue weighted by atomic mass is 9.79. The van der Waals surface area contributed by atoms with Crippen molar-refractivity contribution in [1.82, 2.24) is 0 Å². The quantitative estimate of drug-likeness (QED) is 0.267. The molecule has 0 saturated heterocycles. The molecule has 2 heteroatoms. The molecule has 1 aliphatic carbocycles. The zero-order valence-electron chi connectivity index (χ0n) is 18.8. The number of fused-ring (bicyclic) bond motifs is 2. The fourth-order valence-electron chi connectivity index (χ4n) is 4.74. The van der Waals surface area contributed by atoms with Gasteiger partial charge in [-0.25, -0.2) is 4.39 Å². The van der Waals surface area contributed by atoms with Crippen LogP contribution in [0.15, 0.2) is 60.7 Å². The molecule has 0 spiro atoms. The van der Waals surface area contributed by atoms with Gasteiger partial charge in [-0.15, -0.1) is 0 Å². The van der Waals surface area contributed by atoms with Crippen LogP contribution in [0.3, 0.4) is 0 Å². The number of aryl methyl sites for hydroxylation is 2. The van der Waals surface area contributed by atoms with Gasteiger partial charge in [0, 0.05) is 5.39 Å². The molecule has 0 radical (unpaired) electrons. The van der Waals surface area contributed by atoms with Gasteiger partial charge in [-0.3, -0.25) is 0 Å². The molecular formula is C29H33FO. The van der Waals surface area contributed by atoms with Crippen LogP contribution in [0, 0.1) is 5.82 Å². The Balaban J connectivity index is 1.51. The summed E-state index contributed by atoms with van der Waals surface area (Å²) in [4.78, 5) is 0. The van der Waals surface area contributed by atoms with Crippen molar-refractivity contribution in [3.63, 3.8) is 0 Å². The van der Waals surface area contributed by atoms with E-state index in [1.54, 1.807) is 0 Å². The first-order valence-electron chi connectivity index (χ1n) is 11.8. The molecule has 1 nitrogen and oxygen atoms in total. The van der Waals surface area contributed by atoms with Crippen LogP contribution >= 0.6 is 0 Å². The SMILES string of the molecule is CC=CCOc1ccc2c(c1)CCC(c1ccc3cc(CCCCC)ccc3c1F)C2. The van der Waals surface area contributed by atoms with Gasteiger partial charge in [0.25, 0.3) is 0 Å². The van der Waals surface area contributed by atoms with Gasteiger partial charge in [-0.2, -0.15) is 0 Å². The van der Waals surface area contributed by atoms with Gasteiger partial charge < -0.3 is 4.74 Å². The Kier molecular flexibility index (Phi) is 7.06. The molecule has 3 aromatic rings. The van der Waals surface area contributed by atoms with Crippen molar-refractivity contribution >= 4 is 10.8 Å². The second-order valence-electron chi connectivity index (χ2n) is 8.73. The summed E-state index contributed by atoms with van der Waals surface area (Å²) in [6.07, 6.45) is 11.6. The molecule has 0 amide bonds. The van der Waals surface area contributed by atoms with E-state index >= 15 is 4.39 Å². The number of benzene rings is 3. The summed E-state index contributed by atoms with van der Waals surface area (Å²) in [5.74, 6) is 1.12. The van der Waals surface area contributed by atoms with Crippen LogP contribution in [0.5, 0.6) is 5.75 Å². The Hall–Kier alpha value is -2.61. The standard InChI is InChI=1S/C29H33FO/c1-3-5-7-8-21-9-15-27-24(18-21)13-16-28(29(27)30)25-11-10-23-20-26(31-17-6-4-2)14-12-22(23)19-25/h4,6,9,12-16,18,20,25H,3,5,7-8,10-11,17,19H2,1-2H3. The molecule has 0 fully saturated rings. The van der Waals surface area contributed by atoms with Gasteiger partial charge in [0.1, 0.15) is 18.2 Å². The molecule has 0 aliphatic heterocycles. The first kappa shape index (κ1) is 21.6. The van der Waals surface area contributed by atoms with E-state index in [-0.39, 0.29) is 11.7 Å². The van der Waals surface area contributed by atoms with Crippen LogP contribution in [-0.2, 0) is 19.3 Å². The smallest absolute Gasteiger partial charge is 0.134 e. The van der Waals surface area contributed by atoms with Crippen molar-refractivity contribution in [2.24, 2.45) is 0 Å². The van der Waals surface area contributed by atoms with Gasteiger partial charge in [0.2, 0.25) is 0 Å². The maximum atomic E-state index is 15.5. The third kappa shape index (κ3) is 5.01. The molecule has 31 heavy (non-hydrogen) atoms. The summed E-state index contributed by atoms with van der Waals surface area (Å²) in [6.45, 7) is 4.81. The fraction of sp³-hybridized carbons (Fsp3) is 0.379. The number of unbranched alkanes of at least 4 members (excludes halogenated alkanes) is 2. The predicted molar refractivity (Wildman–Crippen MR) is 129 cm³/mol. The number of hydrogen-bond donors (Lipinski definition) is 0. The normalized spacial score (nSPS) is 16.0. The van der Waals surface area contributed by atoms with Gasteiger partial charge in [0.05, 0.1) is 0 Å². The van der Waals surface area contributed by atoms with E-state index in [1.165, 1.54) is 36.0 Å². The Labute approximate surface area is 185 Å². The van der Waals surface area contributed by atoms with Crippen molar-refractivity contribution in [2.45, 2.75) is 64.7 Å². The maximum Gasteiger partial charge on any atom is 0.134 e. The van der Waals surface area contributed by atoms with Gasteiger partial charge in [-0.05, 0) is 84.7 Å². The summed E-state index contributed by atoms with van der Waals surface area (Å²) in [5, 5.41) is 1.78. The first-order valence-corrected chi connectivity index (χ1v) is 11.8. The minimum absolute atomic E-state index is 0.0302. The number of halogens is 1. The molecule has 0 bridgehead atoms. The molecule has 4 rings (SSSR count). The van der Waals surface area contributed by atoms with Crippen molar-refractivity contribution in [3.8, 4) is 5.75 Å². The molecule has 1 aliphatic rings. The predicted octanol–water partition coefficient (Wildman–Crippen LogP) is 7.94. The average molecular weight is 417 g/mol. The Bertz CT molecular complexity index is 1070. The molecule has 0 aromatic heterocycles. The van der Waals surface area contributed by atoms with Gasteiger partial charge in [-0.1, -0.05) is 68.3 Å². The summed E-state index contributed by atoms with van der Waals surface area (Å²) in [5.41, 5.74) is 4.84. The molecule has 3 aromatic carbocycles. The number of rotatable bonds is 8. The highest BCUT2D eigenvalue weighted by Gasteiger charge is 2.24. The molecule has 0 saturated carbocycles. The largest absolute Gasteiger partial charge is 0.490 e.